The molecule has 1 aromatic heterocycles. The van der Waals surface area contributed by atoms with Gasteiger partial charge >= 0.3 is 18.2 Å². The fourth-order valence-corrected chi connectivity index (χ4v) is 7.67. The van der Waals surface area contributed by atoms with Crippen molar-refractivity contribution in [3.05, 3.63) is 207 Å². The number of H-pyrrole nitrogens is 1. The Balaban J connectivity index is 0.000000254. The largest absolute Gasteiger partial charge is 0.489 e. The lowest BCUT2D eigenvalue weighted by atomic mass is 10.0. The van der Waals surface area contributed by atoms with Crippen LogP contribution in [-0.2, 0) is 63.1 Å². The maximum absolute atomic E-state index is 13.5. The number of aromatic nitrogens is 2. The van der Waals surface area contributed by atoms with Crippen molar-refractivity contribution in [1.29, 1.82) is 0 Å². The van der Waals surface area contributed by atoms with E-state index in [0.29, 0.717) is 33.8 Å². The number of nitrogens with one attached hydrogen (secondary N) is 5. The zero-order valence-corrected chi connectivity index (χ0v) is 41.7. The number of alkyl carbamates (subject to hydrolysis) is 2. The van der Waals surface area contributed by atoms with Crippen molar-refractivity contribution >= 4 is 58.7 Å². The fourth-order valence-electron chi connectivity index (χ4n) is 6.88. The molecule has 378 valence electrons. The minimum Gasteiger partial charge on any atom is -0.489 e. The molecule has 73 heavy (non-hydrogen) atoms. The standard InChI is InChI=1S/C31H33N5O5S2.C24H23NO5/c1-20(2)26(28(38)34-29-35-36-31(42)43-29)33-27(37)25(32-30(39)41-19-23-11-7-4-8-12-23)17-21-13-15-24(16-14-21)40-18-22-9-5-3-6-10-22;26-23(27)22(25-24(28)30-17-20-9-5-2-6-10-20)15-18-11-13-21(14-12-18)29-16-19-7-3-1-4-8-19/h3-16,20,25-26H,17-19H2,1-2H3,(H,32,39)(H,33,37)(H,36,42)(H,34,35,38);1-14,22H,15-17H2,(H,25,28)(H,26,27)/t25-,26-;22-/m00/s1. The summed E-state index contributed by atoms with van der Waals surface area (Å²) in [5.74, 6) is -1.03. The molecule has 3 atom stereocenters. The average Bonchev–Trinajstić information content (AvgIpc) is 3.82. The van der Waals surface area contributed by atoms with Gasteiger partial charge in [0.2, 0.25) is 16.9 Å². The quantitative estimate of drug-likeness (QED) is 0.0350. The Kier molecular flexibility index (Phi) is 21.1. The highest BCUT2D eigenvalue weighted by Gasteiger charge is 2.30. The molecule has 0 saturated heterocycles. The highest BCUT2D eigenvalue weighted by molar-refractivity contribution is 7.73. The molecule has 7 aromatic rings. The molecule has 0 fully saturated rings. The summed E-state index contributed by atoms with van der Waals surface area (Å²) in [5, 5.41) is 26.8. The molecular weight excluding hydrogens is 969 g/mol. The number of hydrogen-bond donors (Lipinski definition) is 6. The highest BCUT2D eigenvalue weighted by Crippen LogP contribution is 2.19. The Bertz CT molecular complexity index is 2870. The third-order valence-electron chi connectivity index (χ3n) is 10.8. The molecule has 0 aliphatic carbocycles. The maximum Gasteiger partial charge on any atom is 0.408 e. The van der Waals surface area contributed by atoms with Crippen molar-refractivity contribution in [2.24, 2.45) is 5.92 Å². The molecule has 0 radical (unpaired) electrons. The zero-order chi connectivity index (χ0) is 51.8. The van der Waals surface area contributed by atoms with E-state index in [9.17, 15) is 29.1 Å². The Morgan fingerprint density at radius 3 is 1.32 bits per heavy atom. The second-order valence-corrected chi connectivity index (χ2v) is 18.4. The summed E-state index contributed by atoms with van der Waals surface area (Å²) in [6.45, 7) is 4.61. The van der Waals surface area contributed by atoms with Gasteiger partial charge in [0, 0.05) is 12.8 Å². The number of benzene rings is 6. The van der Waals surface area contributed by atoms with Gasteiger partial charge in [-0.05, 0) is 75.8 Å². The van der Waals surface area contributed by atoms with Gasteiger partial charge in [-0.25, -0.2) is 14.4 Å². The summed E-state index contributed by atoms with van der Waals surface area (Å²) >= 11 is 6.13. The first-order valence-corrected chi connectivity index (χ1v) is 24.4. The Labute approximate surface area is 432 Å². The molecular formula is C55H56N6O10S2. The predicted octanol–water partition coefficient (Wildman–Crippen LogP) is 9.58. The fraction of sp³-hybridized carbons (Fsp3) is 0.218. The lowest BCUT2D eigenvalue weighted by Crippen LogP contribution is -2.55. The van der Waals surface area contributed by atoms with Crippen molar-refractivity contribution in [3.8, 4) is 11.5 Å². The number of carboxylic acid groups (broad SMARTS) is 1. The number of carboxylic acids is 1. The molecule has 6 N–H and O–H groups in total. The van der Waals surface area contributed by atoms with Crippen LogP contribution in [0.4, 0.5) is 14.7 Å². The van der Waals surface area contributed by atoms with Crippen LogP contribution in [0.25, 0.3) is 0 Å². The van der Waals surface area contributed by atoms with Crippen LogP contribution in [0, 0.1) is 9.87 Å². The second kappa shape index (κ2) is 28.5. The molecule has 0 unspecified atom stereocenters. The van der Waals surface area contributed by atoms with Crippen molar-refractivity contribution in [1.82, 2.24) is 26.1 Å². The molecule has 1 heterocycles. The molecule has 4 amide bonds. The van der Waals surface area contributed by atoms with Crippen LogP contribution in [0.2, 0.25) is 0 Å². The number of amides is 4. The van der Waals surface area contributed by atoms with Gasteiger partial charge < -0.3 is 40.0 Å². The Morgan fingerprint density at radius 1 is 0.534 bits per heavy atom. The number of ether oxygens (including phenoxy) is 4. The third kappa shape index (κ3) is 19.1. The molecule has 18 heteroatoms. The van der Waals surface area contributed by atoms with Gasteiger partial charge in [-0.2, -0.15) is 0 Å². The first kappa shape index (κ1) is 54.0. The number of hydrogen-bond acceptors (Lipinski definition) is 12. The molecule has 16 nitrogen and oxygen atoms in total. The van der Waals surface area contributed by atoms with E-state index in [1.807, 2.05) is 159 Å². The van der Waals surface area contributed by atoms with Gasteiger partial charge in [0.25, 0.3) is 0 Å². The first-order chi connectivity index (χ1) is 35.4. The number of anilines is 1. The first-order valence-electron chi connectivity index (χ1n) is 23.2. The van der Waals surface area contributed by atoms with E-state index >= 15 is 0 Å². The van der Waals surface area contributed by atoms with Gasteiger partial charge in [0.1, 0.15) is 56.1 Å². The van der Waals surface area contributed by atoms with Gasteiger partial charge in [-0.15, -0.1) is 5.10 Å². The van der Waals surface area contributed by atoms with Crippen LogP contribution in [0.15, 0.2) is 170 Å². The van der Waals surface area contributed by atoms with E-state index in [-0.39, 0.29) is 32.0 Å². The van der Waals surface area contributed by atoms with E-state index in [1.54, 1.807) is 24.3 Å². The van der Waals surface area contributed by atoms with E-state index in [4.69, 9.17) is 31.2 Å². The van der Waals surface area contributed by atoms with Crippen molar-refractivity contribution in [2.75, 3.05) is 5.32 Å². The minimum absolute atomic E-state index is 0.0428. The van der Waals surface area contributed by atoms with Gasteiger partial charge in [-0.3, -0.25) is 20.0 Å². The van der Waals surface area contributed by atoms with Crippen LogP contribution in [0.1, 0.15) is 47.2 Å². The SMILES string of the molecule is CC(C)[C@H](NC(=O)[C@H](Cc1ccc(OCc2ccccc2)cc1)NC(=O)OCc1ccccc1)C(=O)Nc1n[nH]c(=S)s1.O=C(N[C@@H](Cc1ccc(OCc2ccccc2)cc1)C(=O)O)OCc1ccccc1. The number of nitrogens with zero attached hydrogens (tertiary/aromatic N) is 1. The number of carbonyl (C=O) groups excluding carboxylic acids is 4. The Morgan fingerprint density at radius 2 is 0.932 bits per heavy atom. The normalized spacial score (nSPS) is 11.8. The van der Waals surface area contributed by atoms with Gasteiger partial charge in [-0.1, -0.05) is 171 Å². The summed E-state index contributed by atoms with van der Waals surface area (Å²) in [5.41, 5.74) is 5.28. The lowest BCUT2D eigenvalue weighted by Gasteiger charge is -2.25. The van der Waals surface area contributed by atoms with E-state index in [2.05, 4.69) is 31.5 Å². The van der Waals surface area contributed by atoms with Crippen molar-refractivity contribution in [2.45, 2.75) is 71.2 Å². The number of aliphatic carboxylic acids is 1. The van der Waals surface area contributed by atoms with Crippen LogP contribution in [0.5, 0.6) is 11.5 Å². The smallest absolute Gasteiger partial charge is 0.408 e. The molecule has 0 saturated carbocycles. The molecule has 6 aromatic carbocycles. The second-order valence-electron chi connectivity index (χ2n) is 16.7. The third-order valence-corrected chi connectivity index (χ3v) is 11.8. The summed E-state index contributed by atoms with van der Waals surface area (Å²) in [7, 11) is 0. The monoisotopic (exact) mass is 1020 g/mol. The van der Waals surface area contributed by atoms with E-state index in [1.165, 1.54) is 0 Å². The van der Waals surface area contributed by atoms with Crippen molar-refractivity contribution in [3.63, 3.8) is 0 Å². The molecule has 0 aliphatic rings. The number of rotatable bonds is 22. The van der Waals surface area contributed by atoms with Gasteiger partial charge in [0.15, 0.2) is 3.95 Å². The summed E-state index contributed by atoms with van der Waals surface area (Å²) in [6.07, 6.45) is -1.24. The minimum atomic E-state index is -1.13. The maximum atomic E-state index is 13.5. The summed E-state index contributed by atoms with van der Waals surface area (Å²) < 4.78 is 22.5. The molecule has 7 rings (SSSR count). The number of aromatic amines is 1. The predicted molar refractivity (Wildman–Crippen MR) is 279 cm³/mol. The zero-order valence-electron chi connectivity index (χ0n) is 40.1. The van der Waals surface area contributed by atoms with E-state index in [0.717, 1.165) is 44.7 Å². The van der Waals surface area contributed by atoms with Crippen molar-refractivity contribution < 1.29 is 48.0 Å². The van der Waals surface area contributed by atoms with Crippen LogP contribution in [-0.4, -0.2) is 63.4 Å². The number of carbonyl (C=O) groups is 5. The molecule has 0 bridgehead atoms. The summed E-state index contributed by atoms with van der Waals surface area (Å²) in [6, 6.07) is 49.4. The Hall–Kier alpha value is -8.35. The van der Waals surface area contributed by atoms with Crippen LogP contribution >= 0.6 is 23.6 Å². The summed E-state index contributed by atoms with van der Waals surface area (Å²) in [4.78, 5) is 62.9. The van der Waals surface area contributed by atoms with E-state index < -0.39 is 48.1 Å². The van der Waals surface area contributed by atoms with Crippen LogP contribution in [0.3, 0.4) is 0 Å². The van der Waals surface area contributed by atoms with Gasteiger partial charge in [0.05, 0.1) is 0 Å². The lowest BCUT2D eigenvalue weighted by molar-refractivity contribution is -0.139. The molecule has 0 aliphatic heterocycles. The molecule has 0 spiro atoms. The van der Waals surface area contributed by atoms with Crippen LogP contribution < -0.4 is 30.7 Å². The topological polar surface area (TPSA) is 219 Å². The highest BCUT2D eigenvalue weighted by atomic mass is 32.1. The average molecular weight is 1030 g/mol.